The van der Waals surface area contributed by atoms with Crippen molar-refractivity contribution in [1.29, 1.82) is 0 Å². The molecular weight excluding hydrogens is 338 g/mol. The van der Waals surface area contributed by atoms with Gasteiger partial charge in [0.05, 0.1) is 12.3 Å². The molecule has 0 aliphatic heterocycles. The second-order valence-electron chi connectivity index (χ2n) is 6.14. The molecule has 0 aliphatic carbocycles. The van der Waals surface area contributed by atoms with Gasteiger partial charge in [-0.1, -0.05) is 13.8 Å². The van der Waals surface area contributed by atoms with Gasteiger partial charge in [0, 0.05) is 11.1 Å². The quantitative estimate of drug-likeness (QED) is 0.739. The van der Waals surface area contributed by atoms with E-state index in [9.17, 15) is 14.7 Å². The van der Waals surface area contributed by atoms with Crippen molar-refractivity contribution in [2.45, 2.75) is 27.7 Å². The van der Waals surface area contributed by atoms with Gasteiger partial charge in [0.1, 0.15) is 15.6 Å². The molecule has 1 aromatic heterocycles. The molecule has 2 rings (SSSR count). The maximum absolute atomic E-state index is 11.3. The number of allylic oxidation sites excluding steroid dienone is 1. The van der Waals surface area contributed by atoms with Crippen LogP contribution >= 0.6 is 11.3 Å². The molecule has 0 unspecified atom stereocenters. The molecule has 1 N–H and O–H groups in total. The third kappa shape index (κ3) is 5.00. The van der Waals surface area contributed by atoms with Crippen molar-refractivity contribution in [2.75, 3.05) is 6.61 Å². The molecule has 0 fully saturated rings. The van der Waals surface area contributed by atoms with Crippen LogP contribution < -0.4 is 4.74 Å². The summed E-state index contributed by atoms with van der Waals surface area (Å²) >= 11 is 1.14. The molecule has 0 radical (unpaired) electrons. The molecular formula is C19H21NO4S. The number of carboxylic acid groups (broad SMARTS) is 1. The fourth-order valence-corrected chi connectivity index (χ4v) is 3.03. The van der Waals surface area contributed by atoms with Gasteiger partial charge in [-0.15, -0.1) is 11.3 Å². The number of ketones is 1. The zero-order valence-corrected chi connectivity index (χ0v) is 15.5. The molecule has 0 saturated carbocycles. The van der Waals surface area contributed by atoms with E-state index in [2.05, 4.69) is 18.8 Å². The molecule has 25 heavy (non-hydrogen) atoms. The van der Waals surface area contributed by atoms with E-state index >= 15 is 0 Å². The number of carboxylic acids is 1. The van der Waals surface area contributed by atoms with Crippen molar-refractivity contribution < 1.29 is 19.4 Å². The van der Waals surface area contributed by atoms with Gasteiger partial charge in [-0.05, 0) is 50.1 Å². The number of rotatable bonds is 7. The van der Waals surface area contributed by atoms with Crippen molar-refractivity contribution in [3.05, 3.63) is 40.4 Å². The van der Waals surface area contributed by atoms with Crippen LogP contribution in [-0.2, 0) is 4.79 Å². The Labute approximate surface area is 151 Å². The van der Waals surface area contributed by atoms with Gasteiger partial charge >= 0.3 is 5.97 Å². The van der Waals surface area contributed by atoms with Gasteiger partial charge in [0.15, 0.2) is 5.78 Å². The molecule has 1 heterocycles. The molecule has 0 spiro atoms. The molecule has 6 heteroatoms. The maximum Gasteiger partial charge on any atom is 0.347 e. The second kappa shape index (κ2) is 8.07. The number of hydrogen-bond acceptors (Lipinski definition) is 5. The second-order valence-corrected chi connectivity index (χ2v) is 7.14. The SMILES string of the molecule is CC(=O)/C=C/c1cc(-c2nc(C)c(C(=O)O)s2)ccc1OCC(C)C. The first-order valence-corrected chi connectivity index (χ1v) is 8.76. The number of nitrogens with zero attached hydrogens (tertiary/aromatic N) is 1. The highest BCUT2D eigenvalue weighted by Gasteiger charge is 2.16. The summed E-state index contributed by atoms with van der Waals surface area (Å²) in [6.45, 7) is 7.86. The van der Waals surface area contributed by atoms with E-state index in [0.717, 1.165) is 22.5 Å². The molecule has 0 bridgehead atoms. The Morgan fingerprint density at radius 3 is 2.64 bits per heavy atom. The smallest absolute Gasteiger partial charge is 0.347 e. The van der Waals surface area contributed by atoms with Crippen LogP contribution in [0.25, 0.3) is 16.6 Å². The standard InChI is InChI=1S/C19H21NO4S/c1-11(2)10-24-16-8-7-15(9-14(16)6-5-12(3)21)18-20-13(4)17(25-18)19(22)23/h5-9,11H,10H2,1-4H3,(H,22,23)/b6-5+. The fourth-order valence-electron chi connectivity index (χ4n) is 2.13. The Morgan fingerprint density at radius 2 is 2.08 bits per heavy atom. The maximum atomic E-state index is 11.3. The zero-order chi connectivity index (χ0) is 18.6. The lowest BCUT2D eigenvalue weighted by molar-refractivity contribution is -0.112. The van der Waals surface area contributed by atoms with Crippen molar-refractivity contribution in [1.82, 2.24) is 4.98 Å². The highest BCUT2D eigenvalue weighted by molar-refractivity contribution is 7.17. The largest absolute Gasteiger partial charge is 0.493 e. The van der Waals surface area contributed by atoms with Crippen molar-refractivity contribution in [3.8, 4) is 16.3 Å². The minimum absolute atomic E-state index is 0.0570. The Morgan fingerprint density at radius 1 is 1.36 bits per heavy atom. The molecule has 2 aromatic rings. The summed E-state index contributed by atoms with van der Waals surface area (Å²) in [5.41, 5.74) is 2.05. The van der Waals surface area contributed by atoms with Gasteiger partial charge in [-0.2, -0.15) is 0 Å². The highest BCUT2D eigenvalue weighted by atomic mass is 32.1. The van der Waals surface area contributed by atoms with Crippen LogP contribution in [0, 0.1) is 12.8 Å². The van der Waals surface area contributed by atoms with E-state index in [4.69, 9.17) is 4.74 Å². The van der Waals surface area contributed by atoms with Crippen molar-refractivity contribution in [3.63, 3.8) is 0 Å². The van der Waals surface area contributed by atoms with Crippen LogP contribution in [0.5, 0.6) is 5.75 Å². The van der Waals surface area contributed by atoms with Crippen molar-refractivity contribution in [2.24, 2.45) is 5.92 Å². The minimum Gasteiger partial charge on any atom is -0.493 e. The first-order valence-electron chi connectivity index (χ1n) is 7.94. The van der Waals surface area contributed by atoms with Crippen LogP contribution in [0.4, 0.5) is 0 Å². The van der Waals surface area contributed by atoms with E-state index in [1.54, 1.807) is 13.0 Å². The van der Waals surface area contributed by atoms with E-state index in [1.165, 1.54) is 13.0 Å². The molecule has 0 aliphatic rings. The lowest BCUT2D eigenvalue weighted by Gasteiger charge is -2.12. The van der Waals surface area contributed by atoms with Gasteiger partial charge in [-0.3, -0.25) is 4.79 Å². The monoisotopic (exact) mass is 359 g/mol. The number of ether oxygens (including phenoxy) is 1. The number of carbonyl (C=O) groups excluding carboxylic acids is 1. The summed E-state index contributed by atoms with van der Waals surface area (Å²) in [6.07, 6.45) is 3.19. The number of aromatic carboxylic acids is 1. The topological polar surface area (TPSA) is 76.5 Å². The van der Waals surface area contributed by atoms with Gasteiger partial charge in [0.2, 0.25) is 0 Å². The summed E-state index contributed by atoms with van der Waals surface area (Å²) in [7, 11) is 0. The van der Waals surface area contributed by atoms with Crippen molar-refractivity contribution >= 4 is 29.2 Å². The van der Waals surface area contributed by atoms with Gasteiger partial charge < -0.3 is 9.84 Å². The predicted octanol–water partition coefficient (Wildman–Crippen LogP) is 4.45. The van der Waals surface area contributed by atoms with E-state index < -0.39 is 5.97 Å². The lowest BCUT2D eigenvalue weighted by atomic mass is 10.1. The average molecular weight is 359 g/mol. The summed E-state index contributed by atoms with van der Waals surface area (Å²) < 4.78 is 5.82. The first-order chi connectivity index (χ1) is 11.8. The predicted molar refractivity (Wildman–Crippen MR) is 99.3 cm³/mol. The molecule has 0 atom stereocenters. The number of aryl methyl sites for hydroxylation is 1. The molecule has 0 saturated heterocycles. The van der Waals surface area contributed by atoms with Crippen LogP contribution in [0.15, 0.2) is 24.3 Å². The zero-order valence-electron chi connectivity index (χ0n) is 14.7. The van der Waals surface area contributed by atoms with E-state index in [1.807, 2.05) is 18.2 Å². The minimum atomic E-state index is -0.977. The van der Waals surface area contributed by atoms with Crippen LogP contribution in [0.2, 0.25) is 0 Å². The molecule has 1 aromatic carbocycles. The molecule has 132 valence electrons. The Kier molecular flexibility index (Phi) is 6.09. The summed E-state index contributed by atoms with van der Waals surface area (Å²) in [5, 5.41) is 9.82. The third-order valence-electron chi connectivity index (χ3n) is 3.32. The Hall–Kier alpha value is -2.47. The van der Waals surface area contributed by atoms with E-state index in [0.29, 0.717) is 29.0 Å². The summed E-state index contributed by atoms with van der Waals surface area (Å²) in [4.78, 5) is 27.1. The van der Waals surface area contributed by atoms with Gasteiger partial charge in [-0.25, -0.2) is 9.78 Å². The lowest BCUT2D eigenvalue weighted by Crippen LogP contribution is -2.05. The van der Waals surface area contributed by atoms with E-state index in [-0.39, 0.29) is 10.7 Å². The molecule has 0 amide bonds. The van der Waals surface area contributed by atoms with Crippen LogP contribution in [0.3, 0.4) is 0 Å². The average Bonchev–Trinajstić information content (AvgIpc) is 2.93. The summed E-state index contributed by atoms with van der Waals surface area (Å²) in [6, 6.07) is 5.54. The first kappa shape index (κ1) is 18.9. The number of carbonyl (C=O) groups is 2. The number of thiazole rings is 1. The fraction of sp³-hybridized carbons (Fsp3) is 0.316. The number of aromatic nitrogens is 1. The Balaban J connectivity index is 2.43. The van der Waals surface area contributed by atoms with Crippen LogP contribution in [-0.4, -0.2) is 28.4 Å². The Bertz CT molecular complexity index is 821. The molecule has 5 nitrogen and oxygen atoms in total. The number of benzene rings is 1. The van der Waals surface area contributed by atoms with Gasteiger partial charge in [0.25, 0.3) is 0 Å². The van der Waals surface area contributed by atoms with Crippen LogP contribution in [0.1, 0.15) is 41.7 Å². The summed E-state index contributed by atoms with van der Waals surface area (Å²) in [5.74, 6) is 0.0269. The third-order valence-corrected chi connectivity index (χ3v) is 4.51. The highest BCUT2D eigenvalue weighted by Crippen LogP contribution is 2.32. The number of hydrogen-bond donors (Lipinski definition) is 1. The normalized spacial score (nSPS) is 11.2.